The zero-order valence-corrected chi connectivity index (χ0v) is 21.9. The first-order valence-electron chi connectivity index (χ1n) is 13.1. The van der Waals surface area contributed by atoms with Gasteiger partial charge >= 0.3 is 0 Å². The molecule has 5 aromatic heterocycles. The highest BCUT2D eigenvalue weighted by Crippen LogP contribution is 2.37. The Kier molecular flexibility index (Phi) is 4.39. The summed E-state index contributed by atoms with van der Waals surface area (Å²) >= 11 is 0. The molecule has 3 aromatic carbocycles. The number of rotatable bonds is 2. The van der Waals surface area contributed by atoms with Crippen LogP contribution in [0, 0.1) is 0 Å². The van der Waals surface area contributed by atoms with Crippen LogP contribution in [0.5, 0.6) is 11.5 Å². The second-order valence-corrected chi connectivity index (χ2v) is 11.1. The van der Waals surface area contributed by atoms with Crippen molar-refractivity contribution in [2.45, 2.75) is 26.2 Å². The Morgan fingerprint density at radius 1 is 0.590 bits per heavy atom. The molecular formula is C33H25N5O. The number of hydrogen-bond acceptors (Lipinski definition) is 4. The number of hydrogen-bond donors (Lipinski definition) is 0. The van der Waals surface area contributed by atoms with Gasteiger partial charge in [-0.25, -0.2) is 9.97 Å². The minimum Gasteiger partial charge on any atom is -0.457 e. The minimum absolute atomic E-state index is 0.0607. The first-order valence-corrected chi connectivity index (χ1v) is 13.1. The summed E-state index contributed by atoms with van der Waals surface area (Å²) in [6.07, 6.45) is 11.4. The fraction of sp³-hybridized carbons (Fsp3) is 0.121. The second-order valence-electron chi connectivity index (χ2n) is 11.1. The lowest BCUT2D eigenvalue weighted by Gasteiger charge is -2.20. The van der Waals surface area contributed by atoms with Crippen molar-refractivity contribution < 1.29 is 4.74 Å². The van der Waals surface area contributed by atoms with Crippen LogP contribution < -0.4 is 4.74 Å². The molecule has 8 rings (SSSR count). The molecule has 0 aliphatic carbocycles. The van der Waals surface area contributed by atoms with Gasteiger partial charge in [-0.05, 0) is 76.3 Å². The van der Waals surface area contributed by atoms with Crippen LogP contribution in [-0.2, 0) is 5.41 Å². The quantitative estimate of drug-likeness (QED) is 0.222. The summed E-state index contributed by atoms with van der Waals surface area (Å²) in [4.78, 5) is 13.7. The van der Waals surface area contributed by atoms with Crippen LogP contribution >= 0.6 is 0 Å². The Morgan fingerprint density at radius 3 is 1.85 bits per heavy atom. The third-order valence-corrected chi connectivity index (χ3v) is 7.74. The maximum absolute atomic E-state index is 6.46. The summed E-state index contributed by atoms with van der Waals surface area (Å²) in [5, 5.41) is 6.64. The van der Waals surface area contributed by atoms with Crippen LogP contribution in [0.2, 0.25) is 0 Å². The minimum atomic E-state index is 0.0607. The highest BCUT2D eigenvalue weighted by Gasteiger charge is 2.17. The van der Waals surface area contributed by atoms with Crippen molar-refractivity contribution in [2.24, 2.45) is 0 Å². The zero-order valence-electron chi connectivity index (χ0n) is 21.9. The Balaban J connectivity index is 1.30. The summed E-state index contributed by atoms with van der Waals surface area (Å²) in [6.45, 7) is 6.74. The van der Waals surface area contributed by atoms with Crippen LogP contribution in [0.15, 0.2) is 97.8 Å². The predicted octanol–water partition coefficient (Wildman–Crippen LogP) is 8.08. The molecule has 0 N–H and O–H groups in total. The molecule has 6 heteroatoms. The lowest BCUT2D eigenvalue weighted by molar-refractivity contribution is 0.484. The van der Waals surface area contributed by atoms with Gasteiger partial charge in [0.15, 0.2) is 0 Å². The number of pyridine rings is 3. The van der Waals surface area contributed by atoms with Crippen molar-refractivity contribution >= 4 is 54.6 Å². The van der Waals surface area contributed by atoms with Crippen molar-refractivity contribution in [1.82, 2.24) is 23.8 Å². The van der Waals surface area contributed by atoms with Crippen LogP contribution in [0.1, 0.15) is 26.3 Å². The van der Waals surface area contributed by atoms with E-state index in [0.29, 0.717) is 0 Å². The van der Waals surface area contributed by atoms with Crippen molar-refractivity contribution in [2.75, 3.05) is 0 Å². The van der Waals surface area contributed by atoms with Gasteiger partial charge in [-0.2, -0.15) is 0 Å². The molecular weight excluding hydrogens is 482 g/mol. The van der Waals surface area contributed by atoms with Gasteiger partial charge in [0.2, 0.25) is 0 Å². The van der Waals surface area contributed by atoms with E-state index in [0.717, 1.165) is 55.4 Å². The van der Waals surface area contributed by atoms with Crippen LogP contribution in [0.4, 0.5) is 0 Å². The second kappa shape index (κ2) is 7.77. The molecule has 6 nitrogen and oxygen atoms in total. The number of imidazole rings is 2. The smallest absolute Gasteiger partial charge is 0.145 e. The first kappa shape index (κ1) is 22.1. The first-order chi connectivity index (χ1) is 19.0. The van der Waals surface area contributed by atoms with Crippen molar-refractivity contribution in [1.29, 1.82) is 0 Å². The van der Waals surface area contributed by atoms with Gasteiger partial charge in [0.05, 0.1) is 11.0 Å². The van der Waals surface area contributed by atoms with E-state index in [4.69, 9.17) is 9.72 Å². The molecule has 0 saturated heterocycles. The Hall–Kier alpha value is -4.97. The molecule has 0 unspecified atom stereocenters. The van der Waals surface area contributed by atoms with Gasteiger partial charge < -0.3 is 4.74 Å². The molecule has 0 atom stereocenters. The molecule has 188 valence electrons. The maximum Gasteiger partial charge on any atom is 0.145 e. The van der Waals surface area contributed by atoms with E-state index in [1.165, 1.54) is 16.3 Å². The Bertz CT molecular complexity index is 2250. The van der Waals surface area contributed by atoms with Crippen molar-refractivity contribution in [3.63, 3.8) is 0 Å². The SMILES string of the molecule is CC(C)(C)c1ccc2c(c1)c1ccc(Oc3ccc4c5cnccc5n5ccnc5c4c3)cc1c1nccn21. The van der Waals surface area contributed by atoms with Crippen LogP contribution in [-0.4, -0.2) is 23.8 Å². The van der Waals surface area contributed by atoms with E-state index in [9.17, 15) is 0 Å². The summed E-state index contributed by atoms with van der Waals surface area (Å²) in [7, 11) is 0. The third kappa shape index (κ3) is 3.24. The standard InChI is InChI=1S/C33H25N5O/c1-33(2,3)20-4-9-29-25(16-20)23-7-5-21(17-26(23)31-35-12-14-37(29)31)39-22-6-8-24-27(18-22)32-36-13-15-38(32)30-10-11-34-19-28(24)30/h4-19H,1-3H3. The van der Waals surface area contributed by atoms with Gasteiger partial charge in [-0.3, -0.25) is 13.8 Å². The topological polar surface area (TPSA) is 56.7 Å². The van der Waals surface area contributed by atoms with Gasteiger partial charge in [0, 0.05) is 58.7 Å². The fourth-order valence-electron chi connectivity index (χ4n) is 5.78. The molecule has 0 amide bonds. The Morgan fingerprint density at radius 2 is 1.21 bits per heavy atom. The normalized spacial score (nSPS) is 12.5. The van der Waals surface area contributed by atoms with Gasteiger partial charge in [-0.1, -0.05) is 26.8 Å². The van der Waals surface area contributed by atoms with E-state index in [1.54, 1.807) is 0 Å². The van der Waals surface area contributed by atoms with Gasteiger partial charge in [0.25, 0.3) is 0 Å². The number of ether oxygens (including phenoxy) is 1. The maximum atomic E-state index is 6.46. The lowest BCUT2D eigenvalue weighted by atomic mass is 9.86. The predicted molar refractivity (Wildman–Crippen MR) is 157 cm³/mol. The van der Waals surface area contributed by atoms with E-state index in [2.05, 4.69) is 82.0 Å². The lowest BCUT2D eigenvalue weighted by Crippen LogP contribution is -2.10. The third-order valence-electron chi connectivity index (χ3n) is 7.74. The average molecular weight is 508 g/mol. The number of nitrogens with zero attached hydrogens (tertiary/aromatic N) is 5. The Labute approximate surface area is 224 Å². The summed E-state index contributed by atoms with van der Waals surface area (Å²) in [5.74, 6) is 1.52. The molecule has 5 heterocycles. The van der Waals surface area contributed by atoms with E-state index in [1.807, 2.05) is 55.4 Å². The molecule has 0 aliphatic heterocycles. The molecule has 0 fully saturated rings. The van der Waals surface area contributed by atoms with Gasteiger partial charge in [-0.15, -0.1) is 0 Å². The average Bonchev–Trinajstić information content (AvgIpc) is 3.63. The molecule has 0 bridgehead atoms. The van der Waals surface area contributed by atoms with Gasteiger partial charge in [0.1, 0.15) is 22.8 Å². The molecule has 0 saturated carbocycles. The highest BCUT2D eigenvalue weighted by atomic mass is 16.5. The van der Waals surface area contributed by atoms with Crippen molar-refractivity contribution in [3.05, 3.63) is 103 Å². The summed E-state index contributed by atoms with van der Waals surface area (Å²) in [5.41, 5.74) is 5.41. The molecule has 0 radical (unpaired) electrons. The van der Waals surface area contributed by atoms with Crippen molar-refractivity contribution in [3.8, 4) is 11.5 Å². The summed E-state index contributed by atoms with van der Waals surface area (Å²) in [6, 6.07) is 21.2. The number of benzene rings is 3. The number of fused-ring (bicyclic) bond motifs is 12. The monoisotopic (exact) mass is 507 g/mol. The van der Waals surface area contributed by atoms with E-state index < -0.39 is 0 Å². The zero-order chi connectivity index (χ0) is 26.3. The van der Waals surface area contributed by atoms with Crippen LogP contribution in [0.3, 0.4) is 0 Å². The highest BCUT2D eigenvalue weighted by molar-refractivity contribution is 6.13. The van der Waals surface area contributed by atoms with E-state index in [-0.39, 0.29) is 5.41 Å². The fourth-order valence-corrected chi connectivity index (χ4v) is 5.78. The molecule has 0 spiro atoms. The van der Waals surface area contributed by atoms with Crippen LogP contribution in [0.25, 0.3) is 54.6 Å². The molecule has 8 aromatic rings. The summed E-state index contributed by atoms with van der Waals surface area (Å²) < 4.78 is 10.7. The largest absolute Gasteiger partial charge is 0.457 e. The molecule has 0 aliphatic rings. The number of aromatic nitrogens is 5. The van der Waals surface area contributed by atoms with E-state index >= 15 is 0 Å². The molecule has 39 heavy (non-hydrogen) atoms.